The quantitative estimate of drug-likeness (QED) is 0.871. The van der Waals surface area contributed by atoms with Crippen LogP contribution in [0.4, 0.5) is 5.13 Å². The van der Waals surface area contributed by atoms with E-state index in [1.54, 1.807) is 0 Å². The van der Waals surface area contributed by atoms with Crippen LogP contribution in [0.1, 0.15) is 30.3 Å². The maximum atomic E-state index is 11.8. The first-order valence-electron chi connectivity index (χ1n) is 6.48. The number of ether oxygens (including phenoxy) is 1. The number of anilines is 1. The summed E-state index contributed by atoms with van der Waals surface area (Å²) in [6, 6.07) is 5.76. The number of carbonyl (C=O) groups is 1. The van der Waals surface area contributed by atoms with Gasteiger partial charge >= 0.3 is 0 Å². The molecule has 0 saturated heterocycles. The molecule has 1 aromatic carbocycles. The molecule has 0 fully saturated rings. The summed E-state index contributed by atoms with van der Waals surface area (Å²) in [5.74, 6) is 0.784. The molecule has 0 spiro atoms. The third-order valence-corrected chi connectivity index (χ3v) is 3.97. The molecule has 0 radical (unpaired) electrons. The van der Waals surface area contributed by atoms with Crippen LogP contribution in [-0.4, -0.2) is 22.7 Å². The second-order valence-corrected chi connectivity index (χ2v) is 6.90. The molecule has 112 valence electrons. The zero-order chi connectivity index (χ0) is 15.4. The number of benzene rings is 1. The van der Waals surface area contributed by atoms with E-state index in [1.165, 1.54) is 11.3 Å². The van der Waals surface area contributed by atoms with Crippen LogP contribution in [0.5, 0.6) is 5.75 Å². The van der Waals surface area contributed by atoms with Gasteiger partial charge in [0.15, 0.2) is 6.61 Å². The van der Waals surface area contributed by atoms with E-state index in [0.29, 0.717) is 11.0 Å². The van der Waals surface area contributed by atoms with Crippen molar-refractivity contribution in [3.8, 4) is 5.75 Å². The van der Waals surface area contributed by atoms with Gasteiger partial charge in [0, 0.05) is 4.47 Å². The van der Waals surface area contributed by atoms with Gasteiger partial charge in [0.2, 0.25) is 5.13 Å². The smallest absolute Gasteiger partial charge is 0.264 e. The highest BCUT2D eigenvalue weighted by atomic mass is 79.9. The lowest BCUT2D eigenvalue weighted by molar-refractivity contribution is -0.118. The molecule has 0 atom stereocenters. The number of aryl methyl sites for hydroxylation is 1. The summed E-state index contributed by atoms with van der Waals surface area (Å²) in [6.07, 6.45) is 0. The van der Waals surface area contributed by atoms with Gasteiger partial charge in [-0.3, -0.25) is 10.1 Å². The normalized spacial score (nSPS) is 10.7. The minimum absolute atomic E-state index is 0.0556. The van der Waals surface area contributed by atoms with Gasteiger partial charge < -0.3 is 4.74 Å². The van der Waals surface area contributed by atoms with Crippen molar-refractivity contribution in [1.29, 1.82) is 0 Å². The molecule has 0 aliphatic rings. The van der Waals surface area contributed by atoms with Crippen molar-refractivity contribution < 1.29 is 9.53 Å². The molecule has 0 bridgehead atoms. The summed E-state index contributed by atoms with van der Waals surface area (Å²) in [5, 5.41) is 11.6. The van der Waals surface area contributed by atoms with E-state index in [2.05, 4.69) is 45.3 Å². The number of carbonyl (C=O) groups excluding carboxylic acids is 1. The van der Waals surface area contributed by atoms with Gasteiger partial charge in [-0.25, -0.2) is 0 Å². The van der Waals surface area contributed by atoms with Crippen LogP contribution >= 0.6 is 27.3 Å². The van der Waals surface area contributed by atoms with Crippen LogP contribution in [0, 0.1) is 6.92 Å². The van der Waals surface area contributed by atoms with E-state index < -0.39 is 0 Å². The molecular weight excluding hydrogens is 354 g/mol. The fourth-order valence-electron chi connectivity index (χ4n) is 1.75. The van der Waals surface area contributed by atoms with Crippen LogP contribution in [0.15, 0.2) is 22.7 Å². The number of hydrogen-bond donors (Lipinski definition) is 1. The van der Waals surface area contributed by atoms with Crippen LogP contribution < -0.4 is 10.1 Å². The Bertz CT molecular complexity index is 643. The SMILES string of the molecule is Cc1nnc(NC(=O)COc2ccc(Br)cc2C(C)C)s1. The van der Waals surface area contributed by atoms with Crippen molar-refractivity contribution >= 4 is 38.3 Å². The molecule has 5 nitrogen and oxygen atoms in total. The molecule has 0 saturated carbocycles. The second-order valence-electron chi connectivity index (χ2n) is 4.80. The number of rotatable bonds is 5. The first-order valence-corrected chi connectivity index (χ1v) is 8.09. The van der Waals surface area contributed by atoms with Gasteiger partial charge in [-0.15, -0.1) is 10.2 Å². The number of amides is 1. The maximum absolute atomic E-state index is 11.8. The predicted molar refractivity (Wildman–Crippen MR) is 87.0 cm³/mol. The lowest BCUT2D eigenvalue weighted by Crippen LogP contribution is -2.20. The third-order valence-electron chi connectivity index (χ3n) is 2.72. The molecule has 0 aliphatic heterocycles. The van der Waals surface area contributed by atoms with Crippen LogP contribution in [0.3, 0.4) is 0 Å². The number of hydrogen-bond acceptors (Lipinski definition) is 5. The van der Waals surface area contributed by atoms with Crippen molar-refractivity contribution in [2.24, 2.45) is 0 Å². The minimum Gasteiger partial charge on any atom is -0.483 e. The van der Waals surface area contributed by atoms with Crippen molar-refractivity contribution in [3.05, 3.63) is 33.2 Å². The Morgan fingerprint density at radius 1 is 1.43 bits per heavy atom. The largest absolute Gasteiger partial charge is 0.483 e. The molecule has 7 heteroatoms. The van der Waals surface area contributed by atoms with Crippen LogP contribution in [0.25, 0.3) is 0 Å². The fraction of sp³-hybridized carbons (Fsp3) is 0.357. The topological polar surface area (TPSA) is 64.1 Å². The lowest BCUT2D eigenvalue weighted by atomic mass is 10.0. The average molecular weight is 370 g/mol. The molecule has 2 aromatic rings. The van der Waals surface area contributed by atoms with E-state index in [1.807, 2.05) is 25.1 Å². The van der Waals surface area contributed by atoms with E-state index in [4.69, 9.17) is 4.74 Å². The molecule has 1 N–H and O–H groups in total. The molecule has 1 amide bonds. The molecule has 21 heavy (non-hydrogen) atoms. The monoisotopic (exact) mass is 369 g/mol. The van der Waals surface area contributed by atoms with Crippen molar-refractivity contribution in [2.45, 2.75) is 26.7 Å². The summed E-state index contributed by atoms with van der Waals surface area (Å²) < 4.78 is 6.61. The highest BCUT2D eigenvalue weighted by molar-refractivity contribution is 9.10. The predicted octanol–water partition coefficient (Wildman–Crippen LogP) is 3.75. The lowest BCUT2D eigenvalue weighted by Gasteiger charge is -2.14. The van der Waals surface area contributed by atoms with E-state index in [9.17, 15) is 4.79 Å². The third kappa shape index (κ3) is 4.50. The van der Waals surface area contributed by atoms with Gasteiger partial charge in [0.1, 0.15) is 10.8 Å². The minimum atomic E-state index is -0.247. The van der Waals surface area contributed by atoms with E-state index >= 15 is 0 Å². The molecule has 2 rings (SSSR count). The average Bonchev–Trinajstić information content (AvgIpc) is 2.82. The van der Waals surface area contributed by atoms with Crippen LogP contribution in [0.2, 0.25) is 0 Å². The van der Waals surface area contributed by atoms with Gasteiger partial charge in [-0.05, 0) is 36.6 Å². The van der Waals surface area contributed by atoms with Crippen LogP contribution in [-0.2, 0) is 4.79 Å². The molecular formula is C14H16BrN3O2S. The molecule has 0 aliphatic carbocycles. The number of nitrogens with zero attached hydrogens (tertiary/aromatic N) is 2. The van der Waals surface area contributed by atoms with Gasteiger partial charge in [0.05, 0.1) is 0 Å². The van der Waals surface area contributed by atoms with Gasteiger partial charge in [0.25, 0.3) is 5.91 Å². The number of nitrogens with one attached hydrogen (secondary N) is 1. The Hall–Kier alpha value is -1.47. The highest BCUT2D eigenvalue weighted by Gasteiger charge is 2.11. The van der Waals surface area contributed by atoms with Crippen molar-refractivity contribution in [3.63, 3.8) is 0 Å². The summed E-state index contributed by atoms with van der Waals surface area (Å²) in [7, 11) is 0. The second kappa shape index (κ2) is 7.00. The fourth-order valence-corrected chi connectivity index (χ4v) is 2.73. The summed E-state index contributed by atoms with van der Waals surface area (Å²) in [6.45, 7) is 5.94. The van der Waals surface area contributed by atoms with E-state index in [-0.39, 0.29) is 12.5 Å². The number of halogens is 1. The Labute approximate surface area is 135 Å². The highest BCUT2D eigenvalue weighted by Crippen LogP contribution is 2.29. The summed E-state index contributed by atoms with van der Waals surface area (Å²) in [5.41, 5.74) is 1.06. The Kier molecular flexibility index (Phi) is 5.30. The van der Waals surface area contributed by atoms with Crippen molar-refractivity contribution in [1.82, 2.24) is 10.2 Å². The van der Waals surface area contributed by atoms with Gasteiger partial charge in [-0.1, -0.05) is 41.1 Å². The zero-order valence-electron chi connectivity index (χ0n) is 12.0. The standard InChI is InChI=1S/C14H16BrN3O2S/c1-8(2)11-6-10(15)4-5-12(11)20-7-13(19)16-14-18-17-9(3)21-14/h4-6,8H,7H2,1-3H3,(H,16,18,19). The number of aromatic nitrogens is 2. The zero-order valence-corrected chi connectivity index (χ0v) is 14.4. The molecule has 1 aromatic heterocycles. The van der Waals surface area contributed by atoms with Gasteiger partial charge in [-0.2, -0.15) is 0 Å². The first-order chi connectivity index (χ1) is 9.95. The first kappa shape index (κ1) is 15.9. The molecule has 0 unspecified atom stereocenters. The van der Waals surface area contributed by atoms with Crippen molar-refractivity contribution in [2.75, 3.05) is 11.9 Å². The Balaban J connectivity index is 1.98. The van der Waals surface area contributed by atoms with E-state index in [0.717, 1.165) is 20.8 Å². The maximum Gasteiger partial charge on any atom is 0.264 e. The summed E-state index contributed by atoms with van der Waals surface area (Å²) >= 11 is 4.77. The molecule has 1 heterocycles. The Morgan fingerprint density at radius 3 is 2.81 bits per heavy atom. The summed E-state index contributed by atoms with van der Waals surface area (Å²) in [4.78, 5) is 11.8. The Morgan fingerprint density at radius 2 is 2.19 bits per heavy atom.